The van der Waals surface area contributed by atoms with Crippen LogP contribution in [0.15, 0.2) is 48.5 Å². The van der Waals surface area contributed by atoms with E-state index in [0.717, 1.165) is 45.8 Å². The highest BCUT2D eigenvalue weighted by Gasteiger charge is 2.26. The van der Waals surface area contributed by atoms with Crippen molar-refractivity contribution < 1.29 is 4.74 Å². The van der Waals surface area contributed by atoms with Gasteiger partial charge in [-0.05, 0) is 37.6 Å². The molecule has 1 N–H and O–H groups in total. The molecule has 2 atom stereocenters. The third kappa shape index (κ3) is 4.80. The van der Waals surface area contributed by atoms with E-state index in [1.807, 2.05) is 0 Å². The van der Waals surface area contributed by atoms with Crippen LogP contribution >= 0.6 is 0 Å². The zero-order chi connectivity index (χ0) is 20.9. The van der Waals surface area contributed by atoms with Gasteiger partial charge in [0.1, 0.15) is 0 Å². The summed E-state index contributed by atoms with van der Waals surface area (Å²) in [5, 5.41) is 3.48. The van der Waals surface area contributed by atoms with Crippen LogP contribution in [0.2, 0.25) is 0 Å². The number of anilines is 2. The quantitative estimate of drug-likeness (QED) is 0.792. The van der Waals surface area contributed by atoms with Crippen molar-refractivity contribution in [1.29, 1.82) is 0 Å². The highest BCUT2D eigenvalue weighted by molar-refractivity contribution is 5.62. The number of hydrogen-bond acceptors (Lipinski definition) is 5. The largest absolute Gasteiger partial charge is 0.380 e. The zero-order valence-electron chi connectivity index (χ0n) is 18.7. The van der Waals surface area contributed by atoms with Crippen molar-refractivity contribution in [3.05, 3.63) is 59.7 Å². The molecular weight excluding hydrogens is 372 g/mol. The first-order valence-corrected chi connectivity index (χ1v) is 11.3. The van der Waals surface area contributed by atoms with Crippen molar-refractivity contribution >= 4 is 11.4 Å². The van der Waals surface area contributed by atoms with Crippen molar-refractivity contribution in [3.8, 4) is 0 Å². The van der Waals surface area contributed by atoms with Crippen molar-refractivity contribution in [2.45, 2.75) is 39.1 Å². The predicted octanol–water partition coefficient (Wildman–Crippen LogP) is 3.34. The Hall–Kier alpha value is -2.08. The monoisotopic (exact) mass is 408 g/mol. The molecule has 2 aliphatic heterocycles. The Balaban J connectivity index is 1.48. The van der Waals surface area contributed by atoms with E-state index in [1.165, 1.54) is 22.5 Å². The molecule has 2 saturated heterocycles. The molecule has 2 aromatic rings. The van der Waals surface area contributed by atoms with Crippen molar-refractivity contribution in [3.63, 3.8) is 0 Å². The van der Waals surface area contributed by atoms with Crippen LogP contribution in [-0.4, -0.2) is 63.4 Å². The summed E-state index contributed by atoms with van der Waals surface area (Å²) in [6, 6.07) is 18.8. The molecule has 4 rings (SSSR count). The average Bonchev–Trinajstić information content (AvgIpc) is 2.76. The van der Waals surface area contributed by atoms with E-state index < -0.39 is 0 Å². The minimum Gasteiger partial charge on any atom is -0.380 e. The van der Waals surface area contributed by atoms with E-state index >= 15 is 0 Å². The van der Waals surface area contributed by atoms with Gasteiger partial charge in [-0.15, -0.1) is 0 Å². The number of piperazine rings is 2. The van der Waals surface area contributed by atoms with E-state index in [1.54, 1.807) is 7.11 Å². The van der Waals surface area contributed by atoms with Gasteiger partial charge in [-0.25, -0.2) is 0 Å². The number of nitrogens with zero attached hydrogens (tertiary/aromatic N) is 3. The van der Waals surface area contributed by atoms with E-state index in [2.05, 4.69) is 82.4 Å². The molecule has 2 aliphatic rings. The van der Waals surface area contributed by atoms with Crippen LogP contribution in [-0.2, 0) is 17.9 Å². The van der Waals surface area contributed by atoms with Crippen LogP contribution in [0, 0.1) is 0 Å². The van der Waals surface area contributed by atoms with Gasteiger partial charge >= 0.3 is 0 Å². The lowest BCUT2D eigenvalue weighted by Crippen LogP contribution is -2.51. The predicted molar refractivity (Wildman–Crippen MR) is 125 cm³/mol. The van der Waals surface area contributed by atoms with Gasteiger partial charge in [-0.1, -0.05) is 30.3 Å². The van der Waals surface area contributed by atoms with Gasteiger partial charge < -0.3 is 19.9 Å². The molecule has 5 nitrogen and oxygen atoms in total. The summed E-state index contributed by atoms with van der Waals surface area (Å²) in [5.41, 5.74) is 5.34. The van der Waals surface area contributed by atoms with Gasteiger partial charge in [0, 0.05) is 81.9 Å². The summed E-state index contributed by atoms with van der Waals surface area (Å²) in [5.74, 6) is 0. The molecule has 0 saturated carbocycles. The minimum absolute atomic E-state index is 0.515. The standard InChI is InChI=1S/C25H36N4O/c1-20-16-26-11-12-29(20)24-9-10-25(23(15-24)19-30-3)28-14-13-27(21(2)17-28)18-22-7-5-4-6-8-22/h4-10,15,20-21,26H,11-14,16-19H2,1-3H3/t20-,21-/m1/s1. The lowest BCUT2D eigenvalue weighted by Gasteiger charge is -2.42. The zero-order valence-corrected chi connectivity index (χ0v) is 18.7. The Labute approximate surface area is 181 Å². The molecule has 2 heterocycles. The van der Waals surface area contributed by atoms with Gasteiger partial charge in [0.2, 0.25) is 0 Å². The summed E-state index contributed by atoms with van der Waals surface area (Å²) in [7, 11) is 1.80. The second-order valence-corrected chi connectivity index (χ2v) is 8.74. The van der Waals surface area contributed by atoms with Gasteiger partial charge in [-0.3, -0.25) is 4.90 Å². The number of nitrogens with one attached hydrogen (secondary N) is 1. The lowest BCUT2D eigenvalue weighted by atomic mass is 10.1. The Morgan fingerprint density at radius 1 is 1.00 bits per heavy atom. The first kappa shape index (κ1) is 21.2. The van der Waals surface area contributed by atoms with Crippen LogP contribution in [0.4, 0.5) is 11.4 Å². The third-order valence-electron chi connectivity index (χ3n) is 6.53. The smallest absolute Gasteiger partial charge is 0.0734 e. The molecular formula is C25H36N4O. The summed E-state index contributed by atoms with van der Waals surface area (Å²) >= 11 is 0. The fourth-order valence-electron chi connectivity index (χ4n) is 4.82. The molecule has 0 radical (unpaired) electrons. The molecule has 0 amide bonds. The molecule has 0 unspecified atom stereocenters. The SMILES string of the molecule is COCc1cc(N2CCNC[C@H]2C)ccc1N1CCN(Cc2ccccc2)[C@H](C)C1. The molecule has 5 heteroatoms. The number of hydrogen-bond donors (Lipinski definition) is 1. The summed E-state index contributed by atoms with van der Waals surface area (Å²) < 4.78 is 5.59. The number of ether oxygens (including phenoxy) is 1. The van der Waals surface area contributed by atoms with E-state index in [9.17, 15) is 0 Å². The fourth-order valence-corrected chi connectivity index (χ4v) is 4.82. The first-order valence-electron chi connectivity index (χ1n) is 11.3. The second kappa shape index (κ2) is 9.82. The Kier molecular flexibility index (Phi) is 6.93. The molecule has 0 aliphatic carbocycles. The van der Waals surface area contributed by atoms with E-state index in [0.29, 0.717) is 18.7 Å². The van der Waals surface area contributed by atoms with Crippen LogP contribution in [0.1, 0.15) is 25.0 Å². The maximum atomic E-state index is 5.59. The Morgan fingerprint density at radius 3 is 2.57 bits per heavy atom. The summed E-state index contributed by atoms with van der Waals surface area (Å²) in [6.45, 7) is 12.7. The van der Waals surface area contributed by atoms with Crippen molar-refractivity contribution in [2.24, 2.45) is 0 Å². The van der Waals surface area contributed by atoms with Gasteiger partial charge in [0.15, 0.2) is 0 Å². The maximum Gasteiger partial charge on any atom is 0.0734 e. The number of rotatable bonds is 6. The van der Waals surface area contributed by atoms with Crippen molar-refractivity contribution in [1.82, 2.24) is 10.2 Å². The van der Waals surface area contributed by atoms with Gasteiger partial charge in [0.25, 0.3) is 0 Å². The maximum absolute atomic E-state index is 5.59. The Bertz CT molecular complexity index is 812. The average molecular weight is 409 g/mol. The van der Waals surface area contributed by atoms with Crippen LogP contribution in [0.3, 0.4) is 0 Å². The van der Waals surface area contributed by atoms with E-state index in [-0.39, 0.29) is 0 Å². The fraction of sp³-hybridized carbons (Fsp3) is 0.520. The van der Waals surface area contributed by atoms with Gasteiger partial charge in [-0.2, -0.15) is 0 Å². The first-order chi connectivity index (χ1) is 14.7. The topological polar surface area (TPSA) is 31.0 Å². The van der Waals surface area contributed by atoms with Crippen LogP contribution in [0.25, 0.3) is 0 Å². The molecule has 0 spiro atoms. The number of methoxy groups -OCH3 is 1. The molecule has 30 heavy (non-hydrogen) atoms. The third-order valence-corrected chi connectivity index (χ3v) is 6.53. The minimum atomic E-state index is 0.515. The molecule has 2 aromatic carbocycles. The molecule has 162 valence electrons. The normalized spacial score (nSPS) is 23.0. The molecule has 0 aromatic heterocycles. The summed E-state index contributed by atoms with van der Waals surface area (Å²) in [4.78, 5) is 7.66. The Morgan fingerprint density at radius 2 is 1.83 bits per heavy atom. The second-order valence-electron chi connectivity index (χ2n) is 8.74. The summed E-state index contributed by atoms with van der Waals surface area (Å²) in [6.07, 6.45) is 0. The molecule has 2 fully saturated rings. The lowest BCUT2D eigenvalue weighted by molar-refractivity contribution is 0.177. The highest BCUT2D eigenvalue weighted by Crippen LogP contribution is 2.30. The van der Waals surface area contributed by atoms with Crippen LogP contribution < -0.4 is 15.1 Å². The number of benzene rings is 2. The van der Waals surface area contributed by atoms with Gasteiger partial charge in [0.05, 0.1) is 6.61 Å². The van der Waals surface area contributed by atoms with Crippen molar-refractivity contribution in [2.75, 3.05) is 56.2 Å². The highest BCUT2D eigenvalue weighted by atomic mass is 16.5. The van der Waals surface area contributed by atoms with Crippen LogP contribution in [0.5, 0.6) is 0 Å². The van der Waals surface area contributed by atoms with E-state index in [4.69, 9.17) is 4.74 Å². The molecule has 0 bridgehead atoms.